The monoisotopic (exact) mass is 355 g/mol. The molecule has 3 aromatic rings. The topological polar surface area (TPSA) is 86.5 Å². The van der Waals surface area contributed by atoms with Gasteiger partial charge >= 0.3 is 0 Å². The summed E-state index contributed by atoms with van der Waals surface area (Å²) in [5.74, 6) is 0.704. The minimum atomic E-state index is -0.146. The largest absolute Gasteiger partial charge is 0.350 e. The summed E-state index contributed by atoms with van der Waals surface area (Å²) in [4.78, 5) is 20.3. The molecule has 0 fully saturated rings. The summed E-state index contributed by atoms with van der Waals surface area (Å²) in [6, 6.07) is 7.76. The predicted octanol–water partition coefficient (Wildman–Crippen LogP) is 3.14. The van der Waals surface area contributed by atoms with E-state index in [1.165, 1.54) is 0 Å². The molecule has 0 aliphatic carbocycles. The number of carbonyl (C=O) groups is 1. The number of nitrogens with zero attached hydrogens (tertiary/aromatic N) is 2. The lowest BCUT2D eigenvalue weighted by atomic mass is 9.94. The minimum absolute atomic E-state index is 0.146. The van der Waals surface area contributed by atoms with Crippen LogP contribution in [0.5, 0.6) is 0 Å². The van der Waals surface area contributed by atoms with Gasteiger partial charge in [-0.3, -0.25) is 9.89 Å². The third-order valence-corrected chi connectivity index (χ3v) is 4.91. The van der Waals surface area contributed by atoms with Gasteiger partial charge in [0.1, 0.15) is 11.5 Å². The number of halogens is 1. The minimum Gasteiger partial charge on any atom is -0.350 e. The molecule has 6 nitrogen and oxygen atoms in total. The number of hydrogen-bond acceptors (Lipinski definition) is 3. The van der Waals surface area contributed by atoms with E-state index in [1.807, 2.05) is 38.1 Å². The van der Waals surface area contributed by atoms with Crippen molar-refractivity contribution in [1.82, 2.24) is 25.5 Å². The summed E-state index contributed by atoms with van der Waals surface area (Å²) in [6.07, 6.45) is 0.707. The number of aromatic amines is 2. The quantitative estimate of drug-likeness (QED) is 0.660. The smallest absolute Gasteiger partial charge is 0.271 e. The Hall–Kier alpha value is -2.60. The van der Waals surface area contributed by atoms with Gasteiger partial charge in [-0.1, -0.05) is 23.7 Å². The van der Waals surface area contributed by atoms with Crippen LogP contribution >= 0.6 is 11.6 Å². The van der Waals surface area contributed by atoms with E-state index in [0.717, 1.165) is 28.2 Å². The first-order valence-electron chi connectivity index (χ1n) is 8.17. The molecule has 1 unspecified atom stereocenters. The third kappa shape index (κ3) is 2.82. The molecule has 0 radical (unpaired) electrons. The molecule has 128 valence electrons. The first kappa shape index (κ1) is 15.9. The van der Waals surface area contributed by atoms with Crippen LogP contribution in [0.3, 0.4) is 0 Å². The molecule has 1 aliphatic rings. The van der Waals surface area contributed by atoms with E-state index < -0.39 is 0 Å². The molecule has 3 N–H and O–H groups in total. The molecule has 1 atom stereocenters. The molecular formula is C18H18ClN5O. The molecule has 0 bridgehead atoms. The summed E-state index contributed by atoms with van der Waals surface area (Å²) in [6.45, 7) is 4.44. The highest BCUT2D eigenvalue weighted by Gasteiger charge is 2.27. The van der Waals surface area contributed by atoms with E-state index >= 15 is 0 Å². The maximum absolute atomic E-state index is 12.5. The fourth-order valence-electron chi connectivity index (χ4n) is 3.35. The van der Waals surface area contributed by atoms with E-state index in [0.29, 0.717) is 29.5 Å². The average molecular weight is 356 g/mol. The van der Waals surface area contributed by atoms with E-state index in [4.69, 9.17) is 11.6 Å². The molecule has 7 heteroatoms. The van der Waals surface area contributed by atoms with E-state index in [-0.39, 0.29) is 11.8 Å². The number of amides is 1. The van der Waals surface area contributed by atoms with Crippen molar-refractivity contribution < 1.29 is 4.79 Å². The molecule has 0 saturated heterocycles. The Bertz CT molecular complexity index is 922. The number of H-pyrrole nitrogens is 2. The van der Waals surface area contributed by atoms with Gasteiger partial charge in [-0.05, 0) is 38.0 Å². The number of benzene rings is 1. The van der Waals surface area contributed by atoms with Crippen molar-refractivity contribution in [3.63, 3.8) is 0 Å². The standard InChI is InChI=1S/C18H18ClN5O/c1-9-15(10(2)24-23-9)17-21-14-7-12(8-20-18(25)16(14)22-17)11-3-5-13(19)6-4-11/h3-6,12H,7-8H2,1-2H3,(H,20,25)(H,21,22)(H,23,24). The molecule has 25 heavy (non-hydrogen) atoms. The zero-order chi connectivity index (χ0) is 17.6. The van der Waals surface area contributed by atoms with Crippen molar-refractivity contribution >= 4 is 17.5 Å². The van der Waals surface area contributed by atoms with Crippen molar-refractivity contribution in [2.24, 2.45) is 0 Å². The lowest BCUT2D eigenvalue weighted by molar-refractivity contribution is 0.0950. The number of aromatic nitrogens is 4. The summed E-state index contributed by atoms with van der Waals surface area (Å²) >= 11 is 5.98. The highest BCUT2D eigenvalue weighted by molar-refractivity contribution is 6.30. The molecule has 0 spiro atoms. The van der Waals surface area contributed by atoms with Crippen LogP contribution in [-0.4, -0.2) is 32.6 Å². The van der Waals surface area contributed by atoms with Crippen LogP contribution in [0, 0.1) is 13.8 Å². The first-order valence-corrected chi connectivity index (χ1v) is 8.55. The zero-order valence-corrected chi connectivity index (χ0v) is 14.7. The summed E-state index contributed by atoms with van der Waals surface area (Å²) in [5.41, 5.74) is 5.16. The molecular weight excluding hydrogens is 338 g/mol. The maximum Gasteiger partial charge on any atom is 0.271 e. The van der Waals surface area contributed by atoms with Gasteiger partial charge in [0.05, 0.1) is 11.3 Å². The number of imidazole rings is 1. The van der Waals surface area contributed by atoms with Crippen LogP contribution in [0.25, 0.3) is 11.4 Å². The Morgan fingerprint density at radius 2 is 1.96 bits per heavy atom. The molecule has 3 heterocycles. The number of aryl methyl sites for hydroxylation is 2. The Balaban J connectivity index is 1.72. The third-order valence-electron chi connectivity index (χ3n) is 4.66. The number of hydrogen-bond donors (Lipinski definition) is 3. The highest BCUT2D eigenvalue weighted by Crippen LogP contribution is 2.29. The van der Waals surface area contributed by atoms with Crippen molar-refractivity contribution in [3.8, 4) is 11.4 Å². The van der Waals surface area contributed by atoms with E-state index in [1.54, 1.807) is 0 Å². The Kier molecular flexibility index (Phi) is 3.84. The lowest BCUT2D eigenvalue weighted by Gasteiger charge is -2.14. The molecule has 1 aromatic carbocycles. The second-order valence-corrected chi connectivity index (χ2v) is 6.82. The Morgan fingerprint density at radius 1 is 1.20 bits per heavy atom. The maximum atomic E-state index is 12.5. The van der Waals surface area contributed by atoms with Gasteiger partial charge in [-0.15, -0.1) is 0 Å². The van der Waals surface area contributed by atoms with Crippen LogP contribution in [0.2, 0.25) is 5.02 Å². The van der Waals surface area contributed by atoms with Gasteiger partial charge in [-0.25, -0.2) is 4.98 Å². The molecule has 1 aliphatic heterocycles. The number of fused-ring (bicyclic) bond motifs is 1. The van der Waals surface area contributed by atoms with Crippen molar-refractivity contribution in [2.75, 3.05) is 6.54 Å². The van der Waals surface area contributed by atoms with Crippen LogP contribution in [-0.2, 0) is 6.42 Å². The van der Waals surface area contributed by atoms with Gasteiger partial charge in [0.25, 0.3) is 5.91 Å². The molecule has 2 aromatic heterocycles. The normalized spacial score (nSPS) is 17.1. The fraction of sp³-hybridized carbons (Fsp3) is 0.278. The van der Waals surface area contributed by atoms with E-state index in [2.05, 4.69) is 25.5 Å². The van der Waals surface area contributed by atoms with Crippen molar-refractivity contribution in [3.05, 3.63) is 57.6 Å². The second kappa shape index (κ2) is 6.04. The lowest BCUT2D eigenvalue weighted by Crippen LogP contribution is -2.26. The molecule has 4 rings (SSSR count). The van der Waals surface area contributed by atoms with Crippen LogP contribution in [0.15, 0.2) is 24.3 Å². The first-order chi connectivity index (χ1) is 12.0. The van der Waals surface area contributed by atoms with Crippen LogP contribution < -0.4 is 5.32 Å². The van der Waals surface area contributed by atoms with Gasteiger partial charge in [-0.2, -0.15) is 5.10 Å². The SMILES string of the molecule is Cc1n[nH]c(C)c1-c1nc2c([nH]1)CC(c1ccc(Cl)cc1)CNC2=O. The van der Waals surface area contributed by atoms with Gasteiger partial charge in [0, 0.05) is 28.9 Å². The molecule has 1 amide bonds. The number of rotatable bonds is 2. The van der Waals surface area contributed by atoms with Gasteiger partial charge in [0.2, 0.25) is 0 Å². The average Bonchev–Trinajstić information content (AvgIpc) is 3.11. The zero-order valence-electron chi connectivity index (χ0n) is 14.0. The second-order valence-electron chi connectivity index (χ2n) is 6.38. The number of nitrogens with one attached hydrogen (secondary N) is 3. The summed E-state index contributed by atoms with van der Waals surface area (Å²) in [5, 5.41) is 10.8. The summed E-state index contributed by atoms with van der Waals surface area (Å²) in [7, 11) is 0. The van der Waals surface area contributed by atoms with Gasteiger partial charge in [0.15, 0.2) is 0 Å². The van der Waals surface area contributed by atoms with Crippen LogP contribution in [0.1, 0.15) is 39.1 Å². The highest BCUT2D eigenvalue weighted by atomic mass is 35.5. The van der Waals surface area contributed by atoms with Gasteiger partial charge < -0.3 is 10.3 Å². The molecule has 0 saturated carbocycles. The Labute approximate surface area is 150 Å². The summed E-state index contributed by atoms with van der Waals surface area (Å²) < 4.78 is 0. The van der Waals surface area contributed by atoms with Crippen molar-refractivity contribution in [1.29, 1.82) is 0 Å². The Morgan fingerprint density at radius 3 is 2.64 bits per heavy atom. The predicted molar refractivity (Wildman–Crippen MR) is 95.9 cm³/mol. The number of carbonyl (C=O) groups excluding carboxylic acids is 1. The van der Waals surface area contributed by atoms with Crippen LogP contribution in [0.4, 0.5) is 0 Å². The van der Waals surface area contributed by atoms with Crippen molar-refractivity contribution in [2.45, 2.75) is 26.2 Å². The van der Waals surface area contributed by atoms with E-state index in [9.17, 15) is 4.79 Å². The fourth-order valence-corrected chi connectivity index (χ4v) is 3.48.